The van der Waals surface area contributed by atoms with E-state index in [0.717, 1.165) is 0 Å². The van der Waals surface area contributed by atoms with E-state index < -0.39 is 77.8 Å². The number of ether oxygens (including phenoxy) is 1. The second-order valence-electron chi connectivity index (χ2n) is 16.0. The fourth-order valence-corrected chi connectivity index (χ4v) is 7.42. The molecule has 1 saturated heterocycles. The number of nitrogens with one attached hydrogen (secondary N) is 5. The fourth-order valence-electron chi connectivity index (χ4n) is 7.42. The molecule has 0 saturated carbocycles. The summed E-state index contributed by atoms with van der Waals surface area (Å²) >= 11 is 0. The molecule has 3 aromatic carbocycles. The molecule has 0 aliphatic carbocycles. The monoisotopic (exact) mass is 851 g/mol. The van der Waals surface area contributed by atoms with Crippen molar-refractivity contribution in [3.8, 4) is 11.5 Å². The molecule has 0 radical (unpaired) electrons. The second-order valence-corrected chi connectivity index (χ2v) is 16.0. The number of phenolic OH excluding ortho intramolecular Hbond substituents is 1. The van der Waals surface area contributed by atoms with E-state index in [9.17, 15) is 39.0 Å². The molecule has 18 heteroatoms. The lowest BCUT2D eigenvalue weighted by Crippen LogP contribution is -2.60. The Morgan fingerprint density at radius 2 is 1.48 bits per heavy atom. The molecule has 1 fully saturated rings. The minimum absolute atomic E-state index is 0.0111. The van der Waals surface area contributed by atoms with E-state index >= 15 is 0 Å². The summed E-state index contributed by atoms with van der Waals surface area (Å²) in [6.45, 7) is 5.29. The summed E-state index contributed by atoms with van der Waals surface area (Å²) in [5, 5.41) is 42.6. The first-order chi connectivity index (χ1) is 29.7. The number of hydrogen-bond acceptors (Lipinski definition) is 11. The average molecular weight is 852 g/mol. The molecular formula is C44H53N9O9. The van der Waals surface area contributed by atoms with E-state index in [-0.39, 0.29) is 50.5 Å². The van der Waals surface area contributed by atoms with Gasteiger partial charge in [0.05, 0.1) is 18.3 Å². The van der Waals surface area contributed by atoms with E-state index in [1.54, 1.807) is 105 Å². The molecule has 62 heavy (non-hydrogen) atoms. The van der Waals surface area contributed by atoms with Crippen molar-refractivity contribution in [1.29, 1.82) is 0 Å². The van der Waals surface area contributed by atoms with E-state index in [1.807, 2.05) is 0 Å². The van der Waals surface area contributed by atoms with Crippen molar-refractivity contribution in [3.63, 3.8) is 0 Å². The Hall–Kier alpha value is -6.82. The summed E-state index contributed by atoms with van der Waals surface area (Å²) in [5.74, 6) is -4.31. The van der Waals surface area contributed by atoms with Crippen molar-refractivity contribution in [3.05, 3.63) is 107 Å². The highest BCUT2D eigenvalue weighted by molar-refractivity contribution is 5.97. The zero-order valence-electron chi connectivity index (χ0n) is 35.0. The van der Waals surface area contributed by atoms with Crippen molar-refractivity contribution in [2.24, 2.45) is 5.92 Å². The van der Waals surface area contributed by atoms with Crippen molar-refractivity contribution in [2.45, 2.75) is 95.4 Å². The lowest BCUT2D eigenvalue weighted by Gasteiger charge is -2.32. The Labute approximate surface area is 358 Å². The number of nitrogens with zero attached hydrogens (tertiary/aromatic N) is 4. The van der Waals surface area contributed by atoms with Crippen LogP contribution in [-0.4, -0.2) is 115 Å². The molecule has 7 atom stereocenters. The van der Waals surface area contributed by atoms with Crippen LogP contribution in [0.15, 0.2) is 85.1 Å². The lowest BCUT2D eigenvalue weighted by atomic mass is 10.0. The van der Waals surface area contributed by atoms with Gasteiger partial charge in [0, 0.05) is 32.2 Å². The molecule has 0 unspecified atom stereocenters. The molecular weight excluding hydrogens is 799 g/mol. The van der Waals surface area contributed by atoms with Gasteiger partial charge in [-0.25, -0.2) is 9.48 Å². The number of carboxylic acids is 1. The smallest absolute Gasteiger partial charge is 0.326 e. The lowest BCUT2D eigenvalue weighted by molar-refractivity contribution is -0.143. The largest absolute Gasteiger partial charge is 0.508 e. The fraction of sp³-hybridized carbons (Fsp3) is 0.409. The van der Waals surface area contributed by atoms with E-state index in [4.69, 9.17) is 4.74 Å². The molecule has 7 rings (SSSR count). The first-order valence-corrected chi connectivity index (χ1v) is 20.5. The van der Waals surface area contributed by atoms with Gasteiger partial charge in [0.2, 0.25) is 29.5 Å². The van der Waals surface area contributed by atoms with Gasteiger partial charge in [-0.15, -0.1) is 5.10 Å². The van der Waals surface area contributed by atoms with Crippen LogP contribution >= 0.6 is 0 Å². The first kappa shape index (κ1) is 44.7. The summed E-state index contributed by atoms with van der Waals surface area (Å²) in [6.07, 6.45) is 1.56. The number of carboxylic acid groups (broad SMARTS) is 1. The average Bonchev–Trinajstić information content (AvgIpc) is 3.93. The predicted octanol–water partition coefficient (Wildman–Crippen LogP) is 1.03. The van der Waals surface area contributed by atoms with Crippen LogP contribution in [-0.2, 0) is 54.6 Å². The quantitative estimate of drug-likeness (QED) is 0.111. The number of aromatic hydroxyl groups is 1. The Bertz CT molecular complexity index is 2220. The zero-order chi connectivity index (χ0) is 44.5. The summed E-state index contributed by atoms with van der Waals surface area (Å²) < 4.78 is 7.53. The normalized spacial score (nSPS) is 21.9. The minimum Gasteiger partial charge on any atom is -0.508 e. The molecule has 1 aromatic heterocycles. The molecule has 3 aliphatic heterocycles. The van der Waals surface area contributed by atoms with Gasteiger partial charge in [-0.3, -0.25) is 24.0 Å². The molecule has 6 bridgehead atoms. The molecule has 328 valence electrons. The number of aliphatic carboxylic acids is 1. The molecule has 0 spiro atoms. The van der Waals surface area contributed by atoms with Crippen LogP contribution < -0.4 is 31.3 Å². The maximum absolute atomic E-state index is 14.6. The number of aromatic nitrogens is 3. The molecule has 7 N–H and O–H groups in total. The molecule has 3 aliphatic rings. The topological polar surface area (TPSA) is 246 Å². The third-order valence-corrected chi connectivity index (χ3v) is 11.1. The molecule has 4 aromatic rings. The third kappa shape index (κ3) is 11.3. The number of carbonyl (C=O) groups is 6. The van der Waals surface area contributed by atoms with Crippen LogP contribution in [0.25, 0.3) is 0 Å². The highest BCUT2D eigenvalue weighted by Crippen LogP contribution is 2.29. The maximum Gasteiger partial charge on any atom is 0.326 e. The van der Waals surface area contributed by atoms with E-state index in [0.29, 0.717) is 28.1 Å². The van der Waals surface area contributed by atoms with Crippen LogP contribution in [0.2, 0.25) is 0 Å². The van der Waals surface area contributed by atoms with E-state index in [1.165, 1.54) is 17.0 Å². The van der Waals surface area contributed by atoms with Crippen LogP contribution in [0.1, 0.15) is 55.6 Å². The summed E-state index contributed by atoms with van der Waals surface area (Å²) in [4.78, 5) is 84.7. The Morgan fingerprint density at radius 3 is 2.11 bits per heavy atom. The highest BCUT2D eigenvalue weighted by atomic mass is 16.5. The summed E-state index contributed by atoms with van der Waals surface area (Å²) in [6, 6.07) is 14.3. The molecule has 18 nitrogen and oxygen atoms in total. The Morgan fingerprint density at radius 1 is 0.855 bits per heavy atom. The minimum atomic E-state index is -1.39. The van der Waals surface area contributed by atoms with Gasteiger partial charge in [0.15, 0.2) is 0 Å². The predicted molar refractivity (Wildman–Crippen MR) is 224 cm³/mol. The number of benzene rings is 3. The van der Waals surface area contributed by atoms with Crippen molar-refractivity contribution >= 4 is 35.5 Å². The Kier molecular flexibility index (Phi) is 14.5. The SMILES string of the molecule is CN[C@@H](C)C(=O)N[C@H](C(=O)N1C[C@@H]2C[C@H]1C(=O)N[C@@H](Cc1ccccc1)C(=O)N[C@@H](Cc1ccc(O)cc1)C(=O)N[C@H](C(=O)O)Cc1ccc(cc1)OCc1cn2nn1)C(C)C. The summed E-state index contributed by atoms with van der Waals surface area (Å²) in [7, 11) is 1.63. The van der Waals surface area contributed by atoms with Gasteiger partial charge in [0.1, 0.15) is 54.0 Å². The highest BCUT2D eigenvalue weighted by Gasteiger charge is 2.45. The number of hydrogen-bond donors (Lipinski definition) is 7. The number of likely N-dealkylation sites (tertiary alicyclic amines) is 1. The third-order valence-electron chi connectivity index (χ3n) is 11.1. The van der Waals surface area contributed by atoms with Gasteiger partial charge in [0.25, 0.3) is 0 Å². The van der Waals surface area contributed by atoms with Crippen LogP contribution in [0.3, 0.4) is 0 Å². The number of fused-ring (bicyclic) bond motifs is 12. The number of amides is 5. The summed E-state index contributed by atoms with van der Waals surface area (Å²) in [5.41, 5.74) is 2.29. The molecule has 5 amide bonds. The van der Waals surface area contributed by atoms with Crippen LogP contribution in [0, 0.1) is 5.92 Å². The number of likely N-dealkylation sites (N-methyl/N-ethyl adjacent to an activating group) is 1. The number of phenols is 1. The second kappa shape index (κ2) is 20.2. The maximum atomic E-state index is 14.6. The van der Waals surface area contributed by atoms with Gasteiger partial charge in [-0.1, -0.05) is 73.7 Å². The molecule has 4 heterocycles. The Balaban J connectivity index is 1.39. The van der Waals surface area contributed by atoms with E-state index in [2.05, 4.69) is 36.9 Å². The van der Waals surface area contributed by atoms with Crippen molar-refractivity contribution < 1.29 is 43.7 Å². The number of carbonyl (C=O) groups excluding carboxylic acids is 5. The first-order valence-electron chi connectivity index (χ1n) is 20.5. The zero-order valence-corrected chi connectivity index (χ0v) is 35.0. The van der Waals surface area contributed by atoms with Crippen LogP contribution in [0.5, 0.6) is 11.5 Å². The van der Waals surface area contributed by atoms with Gasteiger partial charge in [-0.05, 0) is 60.8 Å². The van der Waals surface area contributed by atoms with Gasteiger partial charge < -0.3 is 46.4 Å². The van der Waals surface area contributed by atoms with Crippen molar-refractivity contribution in [2.75, 3.05) is 13.6 Å². The number of rotatable bonds is 10. The van der Waals surface area contributed by atoms with Crippen LogP contribution in [0.4, 0.5) is 0 Å². The van der Waals surface area contributed by atoms with Crippen molar-refractivity contribution in [1.82, 2.24) is 46.5 Å². The van der Waals surface area contributed by atoms with Gasteiger partial charge >= 0.3 is 5.97 Å². The standard InChI is InChI=1S/C44H53N9O9/c1-25(2)38(49-39(55)26(3)45-4)43(59)52-23-31-21-37(52)42(58)47-35(18-27-8-6-5-7-9-27)40(56)46-34(19-28-10-14-32(54)15-11-28)41(57)48-36(44(60)61)20-29-12-16-33(17-13-29)62-24-30-22-53(31)51-50-30/h5-17,22,25-26,31,34-38,45,54H,18-21,23-24H2,1-4H3,(H,46,56)(H,47,58)(H,48,57)(H,49,55)(H,60,61)/t26-,31-,34-,35-,36-,37-,38-/m0/s1. The van der Waals surface area contributed by atoms with Gasteiger partial charge in [-0.2, -0.15) is 0 Å².